The first kappa shape index (κ1) is 13.5. The van der Waals surface area contributed by atoms with E-state index in [0.717, 1.165) is 0 Å². The fourth-order valence-electron chi connectivity index (χ4n) is 2.96. The molecule has 0 N–H and O–H groups in total. The van der Waals surface area contributed by atoms with Crippen LogP contribution in [0.15, 0.2) is 53.5 Å². The van der Waals surface area contributed by atoms with Gasteiger partial charge in [0.2, 0.25) is 5.78 Å². The van der Waals surface area contributed by atoms with Crippen LogP contribution in [0.3, 0.4) is 0 Å². The molecular formula is C17H12N4O2. The fraction of sp³-hybridized carbons (Fsp3) is 0.118. The summed E-state index contributed by atoms with van der Waals surface area (Å²) in [7, 11) is 1.51. The zero-order valence-electron chi connectivity index (χ0n) is 12.3. The number of Topliss-reactive ketones (excluding diaryl/α,β-unsaturated/α-hetero) is 2. The summed E-state index contributed by atoms with van der Waals surface area (Å²) in [5.74, 6) is -0.441. The molecule has 1 heterocycles. The summed E-state index contributed by atoms with van der Waals surface area (Å²) in [5.41, 5.74) is 2.33. The van der Waals surface area contributed by atoms with E-state index < -0.39 is 6.04 Å². The van der Waals surface area contributed by atoms with Crippen LogP contribution in [-0.2, 0) is 0 Å². The minimum atomic E-state index is -0.880. The number of hydrogen-bond acceptors (Lipinski definition) is 5. The molecule has 6 heteroatoms. The van der Waals surface area contributed by atoms with Crippen molar-refractivity contribution in [1.29, 1.82) is 0 Å². The summed E-state index contributed by atoms with van der Waals surface area (Å²) < 4.78 is 1.48. The Labute approximate surface area is 131 Å². The van der Waals surface area contributed by atoms with E-state index in [-0.39, 0.29) is 17.3 Å². The van der Waals surface area contributed by atoms with Crippen molar-refractivity contribution in [3.05, 3.63) is 59.7 Å². The lowest BCUT2D eigenvalue weighted by Gasteiger charge is -2.24. The number of nitrogens with zero attached hydrogens (tertiary/aromatic N) is 4. The van der Waals surface area contributed by atoms with Gasteiger partial charge in [-0.15, -0.1) is 5.10 Å². The third kappa shape index (κ3) is 1.85. The van der Waals surface area contributed by atoms with Crippen molar-refractivity contribution >= 4 is 28.3 Å². The molecule has 0 amide bonds. The van der Waals surface area contributed by atoms with Gasteiger partial charge in [-0.3, -0.25) is 14.6 Å². The molecular weight excluding hydrogens is 292 g/mol. The Hall–Kier alpha value is -3.15. The maximum absolute atomic E-state index is 13.0. The molecule has 0 aliphatic heterocycles. The quantitative estimate of drug-likeness (QED) is 0.690. The molecule has 1 aliphatic carbocycles. The van der Waals surface area contributed by atoms with Gasteiger partial charge in [-0.2, -0.15) is 0 Å². The second kappa shape index (κ2) is 4.95. The monoisotopic (exact) mass is 304 g/mol. The molecule has 0 radical (unpaired) electrons. The van der Waals surface area contributed by atoms with Gasteiger partial charge in [0.25, 0.3) is 0 Å². The molecule has 2 aromatic carbocycles. The number of rotatable bonds is 1. The van der Waals surface area contributed by atoms with Crippen LogP contribution in [0.25, 0.3) is 11.0 Å². The van der Waals surface area contributed by atoms with Gasteiger partial charge in [0.05, 0.1) is 5.52 Å². The van der Waals surface area contributed by atoms with Crippen molar-refractivity contribution in [3.8, 4) is 0 Å². The van der Waals surface area contributed by atoms with Crippen molar-refractivity contribution < 1.29 is 9.59 Å². The maximum atomic E-state index is 13.0. The SMILES string of the molecule is CN=C1C(=O)c2ccccc2C(=O)C1n1nnc2ccccc21. The number of aliphatic imine (C=N–C) groups is 1. The molecule has 4 rings (SSSR count). The van der Waals surface area contributed by atoms with Crippen molar-refractivity contribution in [2.24, 2.45) is 4.99 Å². The van der Waals surface area contributed by atoms with Gasteiger partial charge >= 0.3 is 0 Å². The number of aromatic nitrogens is 3. The summed E-state index contributed by atoms with van der Waals surface area (Å²) in [6, 6.07) is 13.2. The lowest BCUT2D eigenvalue weighted by atomic mass is 9.84. The lowest BCUT2D eigenvalue weighted by Crippen LogP contribution is -2.39. The number of ketones is 2. The van der Waals surface area contributed by atoms with Crippen LogP contribution < -0.4 is 0 Å². The third-order valence-corrected chi connectivity index (χ3v) is 4.04. The Morgan fingerprint density at radius 2 is 1.70 bits per heavy atom. The van der Waals surface area contributed by atoms with Crippen LogP contribution >= 0.6 is 0 Å². The summed E-state index contributed by atoms with van der Waals surface area (Å²) in [5, 5.41) is 8.16. The van der Waals surface area contributed by atoms with E-state index in [1.54, 1.807) is 24.3 Å². The van der Waals surface area contributed by atoms with Crippen molar-refractivity contribution in [2.75, 3.05) is 7.05 Å². The Bertz CT molecular complexity index is 987. The first-order valence-corrected chi connectivity index (χ1v) is 7.17. The highest BCUT2D eigenvalue weighted by atomic mass is 16.1. The van der Waals surface area contributed by atoms with Crippen LogP contribution in [0.5, 0.6) is 0 Å². The number of carbonyl (C=O) groups is 2. The minimum absolute atomic E-state index is 0.185. The van der Waals surface area contributed by atoms with Crippen LogP contribution in [0.2, 0.25) is 0 Å². The molecule has 1 aromatic heterocycles. The fourth-order valence-corrected chi connectivity index (χ4v) is 2.96. The van der Waals surface area contributed by atoms with Crippen LogP contribution in [0.1, 0.15) is 26.8 Å². The van der Waals surface area contributed by atoms with Gasteiger partial charge in [0, 0.05) is 18.2 Å². The van der Waals surface area contributed by atoms with Gasteiger partial charge in [0.15, 0.2) is 11.8 Å². The Balaban J connectivity index is 1.98. The molecule has 0 saturated carbocycles. The summed E-state index contributed by atoms with van der Waals surface area (Å²) in [6.07, 6.45) is 0. The number of para-hydroxylation sites is 1. The number of carbonyl (C=O) groups excluding carboxylic acids is 2. The molecule has 1 aliphatic rings. The van der Waals surface area contributed by atoms with Gasteiger partial charge in [-0.1, -0.05) is 41.6 Å². The van der Waals surface area contributed by atoms with Gasteiger partial charge < -0.3 is 0 Å². The predicted octanol–water partition coefficient (Wildman–Crippen LogP) is 2.12. The first-order valence-electron chi connectivity index (χ1n) is 7.17. The molecule has 1 unspecified atom stereocenters. The van der Waals surface area contributed by atoms with Crippen molar-refractivity contribution in [1.82, 2.24) is 15.0 Å². The Kier molecular flexibility index (Phi) is 2.90. The zero-order valence-corrected chi connectivity index (χ0v) is 12.3. The van der Waals surface area contributed by atoms with Crippen LogP contribution in [0.4, 0.5) is 0 Å². The average Bonchev–Trinajstić information content (AvgIpc) is 3.01. The second-order valence-electron chi connectivity index (χ2n) is 5.27. The highest BCUT2D eigenvalue weighted by molar-refractivity contribution is 6.54. The lowest BCUT2D eigenvalue weighted by molar-refractivity contribution is 0.0919. The third-order valence-electron chi connectivity index (χ3n) is 4.04. The number of hydrogen-bond donors (Lipinski definition) is 0. The standard InChI is InChI=1S/C17H12N4O2/c1-18-14-15(21-13-9-5-4-8-12(13)19-20-21)17(23)11-7-3-2-6-10(11)16(14)22/h2-9,15H,1H3. The molecule has 112 valence electrons. The molecule has 6 nitrogen and oxygen atoms in total. The second-order valence-corrected chi connectivity index (χ2v) is 5.27. The highest BCUT2D eigenvalue weighted by Crippen LogP contribution is 2.29. The van der Waals surface area contributed by atoms with E-state index in [9.17, 15) is 9.59 Å². The van der Waals surface area contributed by atoms with Gasteiger partial charge in [0.1, 0.15) is 11.2 Å². The molecule has 23 heavy (non-hydrogen) atoms. The van der Waals surface area contributed by atoms with Gasteiger partial charge in [-0.05, 0) is 12.1 Å². The van der Waals surface area contributed by atoms with E-state index in [1.165, 1.54) is 11.7 Å². The zero-order chi connectivity index (χ0) is 16.0. The van der Waals surface area contributed by atoms with E-state index in [2.05, 4.69) is 15.3 Å². The van der Waals surface area contributed by atoms with E-state index in [1.807, 2.05) is 24.3 Å². The first-order chi connectivity index (χ1) is 11.2. The number of benzene rings is 2. The van der Waals surface area contributed by atoms with Crippen LogP contribution in [-0.4, -0.2) is 39.3 Å². The molecule has 0 saturated heterocycles. The number of fused-ring (bicyclic) bond motifs is 2. The smallest absolute Gasteiger partial charge is 0.210 e. The average molecular weight is 304 g/mol. The summed E-state index contributed by atoms with van der Waals surface area (Å²) in [6.45, 7) is 0. The maximum Gasteiger partial charge on any atom is 0.210 e. The topological polar surface area (TPSA) is 77.2 Å². The van der Waals surface area contributed by atoms with Crippen LogP contribution in [0, 0.1) is 0 Å². The van der Waals surface area contributed by atoms with E-state index >= 15 is 0 Å². The molecule has 0 bridgehead atoms. The minimum Gasteiger partial charge on any atom is -0.291 e. The van der Waals surface area contributed by atoms with E-state index in [4.69, 9.17) is 0 Å². The summed E-state index contributed by atoms with van der Waals surface area (Å²) in [4.78, 5) is 29.7. The molecule has 3 aromatic rings. The molecule has 1 atom stereocenters. The molecule has 0 spiro atoms. The molecule has 0 fully saturated rings. The van der Waals surface area contributed by atoms with E-state index in [0.29, 0.717) is 22.2 Å². The predicted molar refractivity (Wildman–Crippen MR) is 85.0 cm³/mol. The summed E-state index contributed by atoms with van der Waals surface area (Å²) >= 11 is 0. The van der Waals surface area contributed by atoms with Crippen molar-refractivity contribution in [2.45, 2.75) is 6.04 Å². The largest absolute Gasteiger partial charge is 0.291 e. The Morgan fingerprint density at radius 3 is 2.48 bits per heavy atom. The van der Waals surface area contributed by atoms with Gasteiger partial charge in [-0.25, -0.2) is 4.68 Å². The normalized spacial score (nSPS) is 19.3. The van der Waals surface area contributed by atoms with Crippen molar-refractivity contribution in [3.63, 3.8) is 0 Å². The Morgan fingerprint density at radius 1 is 1.00 bits per heavy atom. The highest BCUT2D eigenvalue weighted by Gasteiger charge is 2.40.